The van der Waals surface area contributed by atoms with Gasteiger partial charge >= 0.3 is 0 Å². The van der Waals surface area contributed by atoms with Crippen molar-refractivity contribution >= 4 is 35.0 Å². The van der Waals surface area contributed by atoms with Crippen LogP contribution >= 0.6 is 0 Å². The Bertz CT molecular complexity index is 1440. The number of para-hydroxylation sites is 2. The third kappa shape index (κ3) is 11.1. The Morgan fingerprint density at radius 2 is 0.778 bits per heavy atom. The average molecular weight is 605 g/mol. The van der Waals surface area contributed by atoms with Gasteiger partial charge in [0.2, 0.25) is 11.8 Å². The van der Waals surface area contributed by atoms with Gasteiger partial charge in [-0.1, -0.05) is 104 Å². The first-order valence-corrected chi connectivity index (χ1v) is 15.4. The minimum atomic E-state index is -0.242. The van der Waals surface area contributed by atoms with E-state index in [-0.39, 0.29) is 23.6 Å². The summed E-state index contributed by atoms with van der Waals surface area (Å²) in [6, 6.07) is 33.3. The third-order valence-corrected chi connectivity index (χ3v) is 7.29. The Morgan fingerprint density at radius 3 is 1.20 bits per heavy atom. The molecule has 0 bridgehead atoms. The molecule has 4 N–H and O–H groups in total. The molecule has 0 fully saturated rings. The first-order chi connectivity index (χ1) is 22.0. The molecule has 4 aromatic rings. The van der Waals surface area contributed by atoms with Gasteiger partial charge in [0.05, 0.1) is 22.5 Å². The molecule has 4 rings (SSSR count). The van der Waals surface area contributed by atoms with Crippen LogP contribution in [0.25, 0.3) is 0 Å². The number of carbonyl (C=O) groups excluding carboxylic acids is 4. The van der Waals surface area contributed by atoms with Gasteiger partial charge in [-0.2, -0.15) is 0 Å². The maximum atomic E-state index is 12.7. The largest absolute Gasteiger partial charge is 0.348 e. The summed E-state index contributed by atoms with van der Waals surface area (Å²) in [5.74, 6) is -0.754. The van der Waals surface area contributed by atoms with E-state index in [0.717, 1.165) is 30.4 Å². The smallest absolute Gasteiger partial charge is 0.253 e. The Hall–Kier alpha value is -5.24. The predicted molar refractivity (Wildman–Crippen MR) is 178 cm³/mol. The average Bonchev–Trinajstić information content (AvgIpc) is 3.07. The van der Waals surface area contributed by atoms with Gasteiger partial charge in [0.25, 0.3) is 11.8 Å². The zero-order chi connectivity index (χ0) is 31.7. The van der Waals surface area contributed by atoms with E-state index < -0.39 is 0 Å². The van der Waals surface area contributed by atoms with Crippen molar-refractivity contribution in [3.63, 3.8) is 0 Å². The summed E-state index contributed by atoms with van der Waals surface area (Å²) >= 11 is 0. The molecule has 8 nitrogen and oxygen atoms in total. The van der Waals surface area contributed by atoms with Gasteiger partial charge in [-0.05, 0) is 48.2 Å². The van der Waals surface area contributed by atoms with Crippen molar-refractivity contribution in [3.05, 3.63) is 131 Å². The van der Waals surface area contributed by atoms with E-state index in [2.05, 4.69) is 21.3 Å². The Kier molecular flexibility index (Phi) is 12.9. The standard InChI is InChI=1S/C37H40N4O4/c42-34(40-32-22-14-12-20-30(32)36(44)38-26-28-16-6-4-7-17-28)24-10-2-1-3-11-25-35(43)41-33-23-15-13-21-31(33)37(45)39-27-29-18-8-5-9-19-29/h4-9,12-23H,1-3,10-11,24-27H2,(H,38,44)(H,39,45)(H,40,42)(H,41,43). The lowest BCUT2D eigenvalue weighted by molar-refractivity contribution is -0.117. The van der Waals surface area contributed by atoms with Crippen LogP contribution in [0.5, 0.6) is 0 Å². The summed E-state index contributed by atoms with van der Waals surface area (Å²) in [4.78, 5) is 50.7. The molecule has 0 aliphatic heterocycles. The van der Waals surface area contributed by atoms with Crippen molar-refractivity contribution in [2.45, 2.75) is 58.0 Å². The van der Waals surface area contributed by atoms with Crippen molar-refractivity contribution in [3.8, 4) is 0 Å². The lowest BCUT2D eigenvalue weighted by Gasteiger charge is -2.12. The van der Waals surface area contributed by atoms with Crippen LogP contribution in [-0.4, -0.2) is 23.6 Å². The predicted octanol–water partition coefficient (Wildman–Crippen LogP) is 6.85. The van der Waals surface area contributed by atoms with Crippen molar-refractivity contribution in [2.24, 2.45) is 0 Å². The molecule has 4 aromatic carbocycles. The lowest BCUT2D eigenvalue weighted by atomic mass is 10.1. The minimum absolute atomic E-state index is 0.135. The quantitative estimate of drug-likeness (QED) is 0.105. The summed E-state index contributed by atoms with van der Waals surface area (Å²) in [7, 11) is 0. The van der Waals surface area contributed by atoms with Crippen LogP contribution in [0.2, 0.25) is 0 Å². The first-order valence-electron chi connectivity index (χ1n) is 15.4. The summed E-state index contributed by atoms with van der Waals surface area (Å²) in [5.41, 5.74) is 3.84. The number of rotatable bonds is 16. The fraction of sp³-hybridized carbons (Fsp3) is 0.243. The maximum absolute atomic E-state index is 12.7. The zero-order valence-electron chi connectivity index (χ0n) is 25.4. The SMILES string of the molecule is O=C(CCCCCCCC(=O)Nc1ccccc1C(=O)NCc1ccccc1)Nc1ccccc1C(=O)NCc1ccccc1. The van der Waals surface area contributed by atoms with E-state index in [1.165, 1.54) is 0 Å². The monoisotopic (exact) mass is 604 g/mol. The highest BCUT2D eigenvalue weighted by Crippen LogP contribution is 2.18. The van der Waals surface area contributed by atoms with Crippen LogP contribution in [0.15, 0.2) is 109 Å². The van der Waals surface area contributed by atoms with Gasteiger partial charge in [-0.25, -0.2) is 0 Å². The number of benzene rings is 4. The van der Waals surface area contributed by atoms with Crippen molar-refractivity contribution < 1.29 is 19.2 Å². The van der Waals surface area contributed by atoms with Crippen LogP contribution < -0.4 is 21.3 Å². The number of nitrogens with one attached hydrogen (secondary N) is 4. The molecule has 0 aliphatic rings. The topological polar surface area (TPSA) is 116 Å². The molecule has 0 heterocycles. The number of hydrogen-bond acceptors (Lipinski definition) is 4. The third-order valence-electron chi connectivity index (χ3n) is 7.29. The highest BCUT2D eigenvalue weighted by atomic mass is 16.2. The molecule has 0 aliphatic carbocycles. The summed E-state index contributed by atoms with van der Waals surface area (Å²) in [6.45, 7) is 0.812. The molecular weight excluding hydrogens is 564 g/mol. The minimum Gasteiger partial charge on any atom is -0.348 e. The van der Waals surface area contributed by atoms with Gasteiger partial charge in [0, 0.05) is 25.9 Å². The van der Waals surface area contributed by atoms with Crippen molar-refractivity contribution in [1.29, 1.82) is 0 Å². The van der Waals surface area contributed by atoms with Gasteiger partial charge in [0.1, 0.15) is 0 Å². The molecule has 4 amide bonds. The van der Waals surface area contributed by atoms with Crippen molar-refractivity contribution in [1.82, 2.24) is 10.6 Å². The summed E-state index contributed by atoms with van der Waals surface area (Å²) in [6.07, 6.45) is 4.75. The number of amides is 4. The molecule has 0 unspecified atom stereocenters. The highest BCUT2D eigenvalue weighted by molar-refractivity contribution is 6.04. The second-order valence-corrected chi connectivity index (χ2v) is 10.8. The second kappa shape index (κ2) is 17.8. The molecule has 45 heavy (non-hydrogen) atoms. The molecule has 8 heteroatoms. The zero-order valence-corrected chi connectivity index (χ0v) is 25.4. The van der Waals surface area contributed by atoms with E-state index >= 15 is 0 Å². The van der Waals surface area contributed by atoms with Crippen LogP contribution in [0, 0.1) is 0 Å². The molecule has 0 saturated heterocycles. The number of carbonyl (C=O) groups is 4. The second-order valence-electron chi connectivity index (χ2n) is 10.8. The normalized spacial score (nSPS) is 10.5. The Morgan fingerprint density at radius 1 is 0.422 bits per heavy atom. The fourth-order valence-corrected chi connectivity index (χ4v) is 4.85. The number of unbranched alkanes of at least 4 members (excludes halogenated alkanes) is 4. The fourth-order valence-electron chi connectivity index (χ4n) is 4.85. The summed E-state index contributed by atoms with van der Waals surface area (Å²) in [5, 5.41) is 11.6. The molecule has 0 radical (unpaired) electrons. The van der Waals surface area contributed by atoms with E-state index in [4.69, 9.17) is 0 Å². The van der Waals surface area contributed by atoms with Crippen LogP contribution in [0.3, 0.4) is 0 Å². The molecule has 0 aromatic heterocycles. The van der Waals surface area contributed by atoms with Gasteiger partial charge in [-0.3, -0.25) is 19.2 Å². The first kappa shape index (κ1) is 32.7. The molecule has 0 spiro atoms. The van der Waals surface area contributed by atoms with E-state index in [0.29, 0.717) is 61.3 Å². The highest BCUT2D eigenvalue weighted by Gasteiger charge is 2.14. The Balaban J connectivity index is 1.11. The van der Waals surface area contributed by atoms with Gasteiger partial charge < -0.3 is 21.3 Å². The van der Waals surface area contributed by atoms with E-state index in [1.807, 2.05) is 60.7 Å². The van der Waals surface area contributed by atoms with E-state index in [9.17, 15) is 19.2 Å². The van der Waals surface area contributed by atoms with Crippen LogP contribution in [0.4, 0.5) is 11.4 Å². The van der Waals surface area contributed by atoms with Crippen LogP contribution in [-0.2, 0) is 22.7 Å². The number of anilines is 2. The van der Waals surface area contributed by atoms with Crippen LogP contribution in [0.1, 0.15) is 76.8 Å². The van der Waals surface area contributed by atoms with Crippen molar-refractivity contribution in [2.75, 3.05) is 10.6 Å². The summed E-state index contributed by atoms with van der Waals surface area (Å²) < 4.78 is 0. The van der Waals surface area contributed by atoms with Gasteiger partial charge in [-0.15, -0.1) is 0 Å². The molecular formula is C37H40N4O4. The lowest BCUT2D eigenvalue weighted by Crippen LogP contribution is -2.24. The molecule has 0 saturated carbocycles. The molecule has 0 atom stereocenters. The van der Waals surface area contributed by atoms with E-state index in [1.54, 1.807) is 48.5 Å². The maximum Gasteiger partial charge on any atom is 0.253 e. The Labute approximate surface area is 264 Å². The van der Waals surface area contributed by atoms with Gasteiger partial charge in [0.15, 0.2) is 0 Å². The number of hydrogen-bond donors (Lipinski definition) is 4. The molecule has 232 valence electrons.